The van der Waals surface area contributed by atoms with Crippen molar-refractivity contribution < 1.29 is 32.3 Å². The van der Waals surface area contributed by atoms with Crippen molar-refractivity contribution in [1.29, 1.82) is 0 Å². The number of rotatable bonds is 12. The summed E-state index contributed by atoms with van der Waals surface area (Å²) in [5.41, 5.74) is -0.211. The summed E-state index contributed by atoms with van der Waals surface area (Å²) < 4.78 is 56.9. The summed E-state index contributed by atoms with van der Waals surface area (Å²) in [7, 11) is 0. The van der Waals surface area contributed by atoms with Crippen LogP contribution in [0, 0.1) is 23.7 Å². The van der Waals surface area contributed by atoms with Gasteiger partial charge in [-0.05, 0) is 63.4 Å². The van der Waals surface area contributed by atoms with Crippen molar-refractivity contribution in [3.63, 3.8) is 0 Å². The van der Waals surface area contributed by atoms with Crippen molar-refractivity contribution >= 4 is 17.5 Å². The Hall–Kier alpha value is -3.82. The minimum absolute atomic E-state index is 0.0947. The molecule has 0 spiro atoms. The second kappa shape index (κ2) is 11.2. The summed E-state index contributed by atoms with van der Waals surface area (Å²) in [6.45, 7) is 1.54. The van der Waals surface area contributed by atoms with Crippen LogP contribution in [-0.4, -0.2) is 70.3 Å². The maximum absolute atomic E-state index is 15.0. The van der Waals surface area contributed by atoms with Crippen LogP contribution >= 0.6 is 0 Å². The van der Waals surface area contributed by atoms with Gasteiger partial charge in [0.15, 0.2) is 0 Å². The van der Waals surface area contributed by atoms with Crippen LogP contribution in [0.2, 0.25) is 0 Å². The van der Waals surface area contributed by atoms with E-state index in [1.165, 1.54) is 6.20 Å². The molecule has 2 aliphatic rings. The lowest BCUT2D eigenvalue weighted by atomic mass is 9.88. The van der Waals surface area contributed by atoms with Gasteiger partial charge in [0, 0.05) is 12.2 Å². The molecule has 5 rings (SSSR count). The van der Waals surface area contributed by atoms with Gasteiger partial charge in [-0.1, -0.05) is 5.21 Å². The van der Waals surface area contributed by atoms with Gasteiger partial charge in [-0.2, -0.15) is 22.7 Å². The highest BCUT2D eigenvalue weighted by Crippen LogP contribution is 2.51. The normalized spacial score (nSPS) is 17.2. The Labute approximate surface area is 232 Å². The molecule has 0 aliphatic heterocycles. The van der Waals surface area contributed by atoms with E-state index in [-0.39, 0.29) is 40.9 Å². The van der Waals surface area contributed by atoms with Crippen LogP contribution in [-0.2, 0) is 11.3 Å². The molecule has 3 heterocycles. The smallest absolute Gasteiger partial charge is 0.394 e. The molecule has 0 saturated heterocycles. The van der Waals surface area contributed by atoms with Crippen molar-refractivity contribution in [1.82, 2.24) is 39.9 Å². The molecule has 0 radical (unpaired) electrons. The van der Waals surface area contributed by atoms with E-state index in [9.17, 15) is 32.3 Å². The van der Waals surface area contributed by atoms with Crippen molar-refractivity contribution in [3.05, 3.63) is 42.0 Å². The zero-order valence-electron chi connectivity index (χ0n) is 22.4. The van der Waals surface area contributed by atoms with Crippen LogP contribution in [0.3, 0.4) is 0 Å². The lowest BCUT2D eigenvalue weighted by Gasteiger charge is -2.27. The molecule has 3 aromatic rings. The van der Waals surface area contributed by atoms with Crippen molar-refractivity contribution in [2.45, 2.75) is 70.4 Å². The van der Waals surface area contributed by atoms with Crippen LogP contribution in [0.4, 0.5) is 23.2 Å². The van der Waals surface area contributed by atoms with Gasteiger partial charge in [-0.15, -0.1) is 10.2 Å². The minimum atomic E-state index is -4.61. The fraction of sp³-hybridized carbons (Fsp3) is 0.600. The van der Waals surface area contributed by atoms with Crippen LogP contribution < -0.4 is 10.6 Å². The van der Waals surface area contributed by atoms with Crippen LogP contribution in [0.15, 0.2) is 24.7 Å². The number of amides is 2. The van der Waals surface area contributed by atoms with E-state index >= 15 is 0 Å². The van der Waals surface area contributed by atoms with E-state index in [4.69, 9.17) is 0 Å². The van der Waals surface area contributed by atoms with Gasteiger partial charge in [-0.25, -0.2) is 4.68 Å². The molecule has 0 bridgehead atoms. The van der Waals surface area contributed by atoms with E-state index < -0.39 is 49.2 Å². The van der Waals surface area contributed by atoms with Crippen molar-refractivity contribution in [3.8, 4) is 0 Å². The van der Waals surface area contributed by atoms with Gasteiger partial charge in [0.25, 0.3) is 11.9 Å². The van der Waals surface area contributed by atoms with Gasteiger partial charge in [0.1, 0.15) is 30.0 Å². The largest absolute Gasteiger partial charge is 0.408 e. The zero-order chi connectivity index (χ0) is 29.5. The summed E-state index contributed by atoms with van der Waals surface area (Å²) in [4.78, 5) is 26.9. The number of aromatic nitrogens is 7. The molecule has 2 aliphatic carbocycles. The number of nitrogens with one attached hydrogen (secondary N) is 2. The third kappa shape index (κ3) is 6.41. The number of hydrogen-bond donors (Lipinski definition) is 3. The number of aliphatic hydroxyl groups is 1. The predicted molar refractivity (Wildman–Crippen MR) is 135 cm³/mol. The van der Waals surface area contributed by atoms with Crippen molar-refractivity contribution in [2.24, 2.45) is 17.8 Å². The molecule has 2 saturated carbocycles. The molecule has 12 nitrogen and oxygen atoms in total. The zero-order valence-corrected chi connectivity index (χ0v) is 22.4. The Kier molecular flexibility index (Phi) is 7.85. The van der Waals surface area contributed by atoms with Crippen LogP contribution in [0.5, 0.6) is 0 Å². The van der Waals surface area contributed by atoms with Gasteiger partial charge < -0.3 is 15.7 Å². The highest BCUT2D eigenvalue weighted by molar-refractivity contribution is 6.00. The molecule has 41 heavy (non-hydrogen) atoms. The third-order valence-electron chi connectivity index (χ3n) is 7.43. The minimum Gasteiger partial charge on any atom is -0.394 e. The fourth-order valence-electron chi connectivity index (χ4n) is 5.30. The highest BCUT2D eigenvalue weighted by Gasteiger charge is 2.48. The molecule has 3 N–H and O–H groups in total. The Balaban J connectivity index is 1.38. The second-order valence-electron chi connectivity index (χ2n) is 10.9. The maximum Gasteiger partial charge on any atom is 0.408 e. The molecule has 222 valence electrons. The lowest BCUT2D eigenvalue weighted by molar-refractivity contribution is -0.143. The lowest BCUT2D eigenvalue weighted by Crippen LogP contribution is -2.50. The Morgan fingerprint density at radius 1 is 1.17 bits per heavy atom. The molecule has 3 aromatic heterocycles. The first kappa shape index (κ1) is 28.7. The molecule has 1 unspecified atom stereocenters. The number of alkyl halides is 3. The van der Waals surface area contributed by atoms with Crippen LogP contribution in [0.25, 0.3) is 0 Å². The average Bonchev–Trinajstić information content (AvgIpc) is 3.79. The first-order chi connectivity index (χ1) is 19.5. The summed E-state index contributed by atoms with van der Waals surface area (Å²) >= 11 is 0. The molecule has 2 amide bonds. The molecule has 2 atom stereocenters. The summed E-state index contributed by atoms with van der Waals surface area (Å²) in [6, 6.07) is -0.760. The van der Waals surface area contributed by atoms with Gasteiger partial charge in [0.05, 0.1) is 24.7 Å². The Morgan fingerprint density at radius 2 is 1.85 bits per heavy atom. The van der Waals surface area contributed by atoms with Gasteiger partial charge in [-0.3, -0.25) is 19.0 Å². The Bertz CT molecular complexity index is 1380. The van der Waals surface area contributed by atoms with E-state index in [0.717, 1.165) is 42.8 Å². The number of halogens is 4. The molecule has 2 fully saturated rings. The fourth-order valence-corrected chi connectivity index (χ4v) is 5.30. The molecular formula is C25H31F4N9O3. The van der Waals surface area contributed by atoms with E-state index in [1.807, 2.05) is 13.8 Å². The first-order valence-corrected chi connectivity index (χ1v) is 13.4. The van der Waals surface area contributed by atoms with E-state index in [1.54, 1.807) is 10.7 Å². The number of anilines is 1. The van der Waals surface area contributed by atoms with E-state index in [0.29, 0.717) is 4.68 Å². The quantitative estimate of drug-likeness (QED) is 0.279. The van der Waals surface area contributed by atoms with Crippen molar-refractivity contribution in [2.75, 3.05) is 11.9 Å². The number of nitrogens with zero attached hydrogens (tertiary/aromatic N) is 7. The van der Waals surface area contributed by atoms with E-state index in [2.05, 4.69) is 31.1 Å². The average molecular weight is 582 g/mol. The molecule has 0 aromatic carbocycles. The standard InChI is InChI=1S/C25H31F4N9O3/c1-13(2)38-17(7-8-31-38)23(40)33-21(20(14-3-4-14)15-5-6-15)24(41)32-16-10-36(34-22(16)26)19(11-39)18-9-30-35-37(18)12-25(27,28)29/h7-10,13-15,19-21,39H,3-6,11-12H2,1-2H3,(H,32,41)(H,33,40)/t19?,21-/m0/s1. The van der Waals surface area contributed by atoms with Gasteiger partial charge in [0.2, 0.25) is 5.91 Å². The SMILES string of the molecule is CC(C)n1nccc1C(=O)N[C@H](C(=O)Nc1cn(C(CO)c2cnnn2CC(F)(F)F)nc1F)C(C1CC1)C1CC1. The van der Waals surface area contributed by atoms with Crippen LogP contribution in [0.1, 0.15) is 67.8 Å². The summed E-state index contributed by atoms with van der Waals surface area (Å²) in [5, 5.41) is 30.1. The number of carbonyl (C=O) groups excluding carboxylic acids is 2. The number of aliphatic hydroxyl groups excluding tert-OH is 1. The number of hydrogen-bond acceptors (Lipinski definition) is 7. The van der Waals surface area contributed by atoms with Gasteiger partial charge >= 0.3 is 6.18 Å². The third-order valence-corrected chi connectivity index (χ3v) is 7.43. The summed E-state index contributed by atoms with van der Waals surface area (Å²) in [6.07, 6.45) is 2.69. The second-order valence-corrected chi connectivity index (χ2v) is 10.9. The molecule has 16 heteroatoms. The molecular weight excluding hydrogens is 550 g/mol. The highest BCUT2D eigenvalue weighted by atomic mass is 19.4. The number of carbonyl (C=O) groups is 2. The first-order valence-electron chi connectivity index (χ1n) is 13.4. The topological polar surface area (TPSA) is 145 Å². The predicted octanol–water partition coefficient (Wildman–Crippen LogP) is 2.71. The monoisotopic (exact) mass is 581 g/mol. The Morgan fingerprint density at radius 3 is 2.44 bits per heavy atom. The summed E-state index contributed by atoms with van der Waals surface area (Å²) in [5.74, 6) is -1.86. The maximum atomic E-state index is 15.0.